The van der Waals surface area contributed by atoms with Gasteiger partial charge in [0.15, 0.2) is 6.08 Å². The van der Waals surface area contributed by atoms with Crippen LogP contribution in [0.3, 0.4) is 0 Å². The third-order valence-corrected chi connectivity index (χ3v) is 2.09. The normalized spacial score (nSPS) is 29.6. The first-order chi connectivity index (χ1) is 8.72. The van der Waals surface area contributed by atoms with Crippen LogP contribution in [0.5, 0.6) is 5.75 Å². The van der Waals surface area contributed by atoms with Crippen molar-refractivity contribution in [3.8, 4) is 5.75 Å². The highest BCUT2D eigenvalue weighted by Crippen LogP contribution is 2.16. The minimum Gasteiger partial charge on any atom is -0.490 e. The molecule has 1 saturated heterocycles. The fraction of sp³-hybridized carbons (Fsp3) is 0.417. The summed E-state index contributed by atoms with van der Waals surface area (Å²) in [5, 5.41) is 1.95. The van der Waals surface area contributed by atoms with Crippen LogP contribution < -0.4 is 10.1 Å². The van der Waals surface area contributed by atoms with Crippen molar-refractivity contribution in [2.45, 2.75) is 19.9 Å². The minimum atomic E-state index is -2.29. The van der Waals surface area contributed by atoms with Crippen molar-refractivity contribution in [2.75, 3.05) is 13.1 Å². The molecule has 0 spiro atoms. The van der Waals surface area contributed by atoms with Gasteiger partial charge in [-0.25, -0.2) is 4.79 Å². The number of hydrogen-bond acceptors (Lipinski definition) is 3. The summed E-state index contributed by atoms with van der Waals surface area (Å²) in [7, 11) is 0. The summed E-state index contributed by atoms with van der Waals surface area (Å²) in [6, 6.07) is 5.52. The Bertz CT molecular complexity index is 501. The molecule has 1 amide bonds. The Balaban J connectivity index is 2.12. The van der Waals surface area contributed by atoms with Crippen LogP contribution in [0.15, 0.2) is 18.2 Å². The monoisotopic (exact) mass is 224 g/mol. The Labute approximate surface area is 98.8 Å². The van der Waals surface area contributed by atoms with Gasteiger partial charge in [0.2, 0.25) is 0 Å². The number of amides is 1. The number of rotatable bonds is 3. The second-order valence-electron chi connectivity index (χ2n) is 3.67. The second kappa shape index (κ2) is 4.43. The predicted molar refractivity (Wildman–Crippen MR) is 59.7 cm³/mol. The number of alkyl carbamates (subject to hydrolysis) is 1. The van der Waals surface area contributed by atoms with E-state index in [0.717, 1.165) is 11.1 Å². The van der Waals surface area contributed by atoms with Crippen LogP contribution in [0, 0.1) is 13.8 Å². The van der Waals surface area contributed by atoms with E-state index in [4.69, 9.17) is 8.85 Å². The number of carbonyl (C=O) groups excluding carboxylic acids is 1. The summed E-state index contributed by atoms with van der Waals surface area (Å²) in [6.45, 7) is 1.14. The summed E-state index contributed by atoms with van der Waals surface area (Å²) >= 11 is 0. The fourth-order valence-electron chi connectivity index (χ4n) is 1.51. The van der Waals surface area contributed by atoms with Crippen LogP contribution in [0.1, 0.15) is 15.2 Å². The topological polar surface area (TPSA) is 47.6 Å². The number of ether oxygens (including phenoxy) is 2. The molecule has 1 heterocycles. The zero-order chi connectivity index (χ0) is 14.3. The van der Waals surface area contributed by atoms with Crippen LogP contribution in [0.25, 0.3) is 0 Å². The van der Waals surface area contributed by atoms with Crippen molar-refractivity contribution in [1.82, 2.24) is 5.32 Å². The van der Waals surface area contributed by atoms with Crippen molar-refractivity contribution >= 4 is 6.09 Å². The van der Waals surface area contributed by atoms with Gasteiger partial charge in [0, 0.05) is 0 Å². The largest absolute Gasteiger partial charge is 0.490 e. The van der Waals surface area contributed by atoms with Gasteiger partial charge in [0.1, 0.15) is 12.4 Å². The summed E-state index contributed by atoms with van der Waals surface area (Å²) in [5.41, 5.74) is 2.00. The van der Waals surface area contributed by atoms with E-state index in [2.05, 4.69) is 4.74 Å². The molecule has 16 heavy (non-hydrogen) atoms. The molecule has 4 nitrogen and oxygen atoms in total. The number of hydrogen-bond donors (Lipinski definition) is 1. The van der Waals surface area contributed by atoms with Crippen molar-refractivity contribution < 1.29 is 18.4 Å². The highest BCUT2D eigenvalue weighted by molar-refractivity contribution is 5.69. The van der Waals surface area contributed by atoms with E-state index in [0.29, 0.717) is 5.75 Å². The van der Waals surface area contributed by atoms with Gasteiger partial charge in [-0.3, -0.25) is 0 Å². The van der Waals surface area contributed by atoms with E-state index < -0.39 is 18.7 Å². The van der Waals surface area contributed by atoms with E-state index >= 15 is 0 Å². The van der Waals surface area contributed by atoms with Gasteiger partial charge >= 0.3 is 6.09 Å². The molecule has 1 aromatic carbocycles. The van der Waals surface area contributed by atoms with E-state index in [9.17, 15) is 4.79 Å². The maximum atomic E-state index is 11.0. The molecule has 1 atom stereocenters. The van der Waals surface area contributed by atoms with E-state index in [1.165, 1.54) is 0 Å². The predicted octanol–water partition coefficient (Wildman–Crippen LogP) is 1.79. The number of nitrogens with one attached hydrogen (secondary N) is 1. The highest BCUT2D eigenvalue weighted by atomic mass is 16.6. The summed E-state index contributed by atoms with van der Waals surface area (Å²) in [5.74, 6) is 0.517. The molecule has 86 valence electrons. The lowest BCUT2D eigenvalue weighted by atomic mass is 10.1. The molecular formula is C12H15NO3. The van der Waals surface area contributed by atoms with Crippen LogP contribution in [0.2, 0.25) is 0 Å². The van der Waals surface area contributed by atoms with Gasteiger partial charge in [0.25, 0.3) is 0 Å². The average Bonchev–Trinajstić information content (AvgIpc) is 2.43. The SMILES string of the molecule is [2H]C1([2H])NC(=O)OC1([2H])COc1cc(C)cc(C)c1. The van der Waals surface area contributed by atoms with E-state index in [-0.39, 0.29) is 6.61 Å². The first kappa shape index (κ1) is 7.54. The van der Waals surface area contributed by atoms with Gasteiger partial charge in [-0.05, 0) is 37.1 Å². The molecule has 1 N–H and O–H groups in total. The molecule has 0 radical (unpaired) electrons. The maximum absolute atomic E-state index is 11.0. The lowest BCUT2D eigenvalue weighted by Crippen LogP contribution is -2.21. The second-order valence-corrected chi connectivity index (χ2v) is 3.67. The molecule has 1 aromatic rings. The van der Waals surface area contributed by atoms with Gasteiger partial charge in [-0.2, -0.15) is 0 Å². The van der Waals surface area contributed by atoms with Crippen LogP contribution in [0.4, 0.5) is 4.79 Å². The lowest BCUT2D eigenvalue weighted by Gasteiger charge is -2.11. The van der Waals surface area contributed by atoms with Gasteiger partial charge < -0.3 is 14.8 Å². The number of cyclic esters (lactones) is 1. The Hall–Kier alpha value is -1.71. The Morgan fingerprint density at radius 2 is 2.25 bits per heavy atom. The minimum absolute atomic E-state index is 0.387. The van der Waals surface area contributed by atoms with Crippen LogP contribution in [-0.4, -0.2) is 25.3 Å². The molecule has 1 aliphatic rings. The van der Waals surface area contributed by atoms with Crippen LogP contribution in [-0.2, 0) is 4.74 Å². The Morgan fingerprint density at radius 1 is 1.56 bits per heavy atom. The van der Waals surface area contributed by atoms with Crippen molar-refractivity contribution in [1.29, 1.82) is 0 Å². The lowest BCUT2D eigenvalue weighted by molar-refractivity contribution is 0.105. The third-order valence-electron chi connectivity index (χ3n) is 2.09. The number of carbonyl (C=O) groups is 1. The molecular weight excluding hydrogens is 206 g/mol. The van der Waals surface area contributed by atoms with Crippen LogP contribution >= 0.6 is 0 Å². The molecule has 1 aliphatic heterocycles. The third kappa shape index (κ3) is 2.66. The summed E-state index contributed by atoms with van der Waals surface area (Å²) in [6.07, 6.45) is -3.05. The van der Waals surface area contributed by atoms with Gasteiger partial charge in [-0.1, -0.05) is 6.07 Å². The van der Waals surface area contributed by atoms with Crippen molar-refractivity contribution in [3.05, 3.63) is 29.3 Å². The van der Waals surface area contributed by atoms with Gasteiger partial charge in [0.05, 0.1) is 10.6 Å². The molecule has 4 heteroatoms. The Morgan fingerprint density at radius 3 is 2.81 bits per heavy atom. The molecule has 0 aliphatic carbocycles. The highest BCUT2D eigenvalue weighted by Gasteiger charge is 2.22. The molecule has 0 saturated carbocycles. The summed E-state index contributed by atoms with van der Waals surface area (Å²) in [4.78, 5) is 11.0. The van der Waals surface area contributed by atoms with Gasteiger partial charge in [-0.15, -0.1) is 0 Å². The zero-order valence-corrected chi connectivity index (χ0v) is 9.16. The van der Waals surface area contributed by atoms with Crippen molar-refractivity contribution in [3.63, 3.8) is 0 Å². The standard InChI is InChI=1S/C12H15NO3/c1-8-3-9(2)5-10(4-8)15-7-11-6-13-12(14)16-11/h3-5,11H,6-7H2,1-2H3,(H,13,14)/i6D2,11D. The molecule has 1 fully saturated rings. The Kier molecular flexibility index (Phi) is 2.09. The first-order valence-electron chi connectivity index (χ1n) is 6.44. The smallest absolute Gasteiger partial charge is 0.407 e. The summed E-state index contributed by atoms with van der Waals surface area (Å²) < 4.78 is 33.0. The average molecular weight is 224 g/mol. The first-order valence-corrected chi connectivity index (χ1v) is 4.94. The number of benzene rings is 1. The molecule has 0 bridgehead atoms. The quantitative estimate of drug-likeness (QED) is 0.851. The molecule has 0 aromatic heterocycles. The van der Waals surface area contributed by atoms with E-state index in [1.54, 1.807) is 12.1 Å². The van der Waals surface area contributed by atoms with Crippen molar-refractivity contribution in [2.24, 2.45) is 0 Å². The zero-order valence-electron chi connectivity index (χ0n) is 12.2. The molecule has 1 unspecified atom stereocenters. The maximum Gasteiger partial charge on any atom is 0.407 e. The fourth-order valence-corrected chi connectivity index (χ4v) is 1.51. The van der Waals surface area contributed by atoms with E-state index in [1.807, 2.05) is 25.2 Å². The molecule has 2 rings (SSSR count). The number of aryl methyl sites for hydroxylation is 2.